The molecule has 0 atom stereocenters. The van der Waals surface area contributed by atoms with Gasteiger partial charge in [-0.15, -0.1) is 0 Å². The lowest BCUT2D eigenvalue weighted by molar-refractivity contribution is 0.669. The first-order valence-corrected chi connectivity index (χ1v) is 3.89. The van der Waals surface area contributed by atoms with Crippen LogP contribution in [0.25, 0.3) is 21.9 Å². The molecule has 0 radical (unpaired) electrons. The molecule has 0 fully saturated rings. The Morgan fingerprint density at radius 1 is 0.923 bits per heavy atom. The number of hydrogen-bond acceptors (Lipinski definition) is 1. The van der Waals surface area contributed by atoms with Gasteiger partial charge in [-0.1, -0.05) is 36.3 Å². The van der Waals surface area contributed by atoms with Crippen LogP contribution in [-0.2, 0) is 0 Å². The van der Waals surface area contributed by atoms with Crippen molar-refractivity contribution in [2.75, 3.05) is 0 Å². The van der Waals surface area contributed by atoms with Gasteiger partial charge in [0.05, 0.1) is 6.85 Å². The SMILES string of the molecule is [2H]c1cc([2H])c2oc3c([2H])c([2H])c([2H])cc3c2c1. The monoisotopic (exact) mass is 173 g/mol. The highest BCUT2D eigenvalue weighted by atomic mass is 16.3. The average Bonchev–Trinajstić information content (AvgIpc) is 2.66. The van der Waals surface area contributed by atoms with Gasteiger partial charge >= 0.3 is 0 Å². The van der Waals surface area contributed by atoms with Crippen molar-refractivity contribution in [3.63, 3.8) is 0 Å². The standard InChI is InChI=1S/C12H8O/c1-3-7-11-9(5-1)10-6-2-4-8-12(10)13-11/h1-8H/i1D,2D,3D,7D,8D. The second-order valence-corrected chi connectivity index (χ2v) is 2.73. The topological polar surface area (TPSA) is 13.1 Å². The average molecular weight is 173 g/mol. The molecule has 1 heteroatoms. The normalized spacial score (nSPS) is 16.5. The second-order valence-electron chi connectivity index (χ2n) is 2.73. The minimum absolute atomic E-state index is 0.0582. The van der Waals surface area contributed by atoms with Gasteiger partial charge in [-0.05, 0) is 12.1 Å². The fourth-order valence-electron chi connectivity index (χ4n) is 1.38. The molecule has 1 aromatic heterocycles. The largest absolute Gasteiger partial charge is 0.456 e. The molecule has 0 aliphatic heterocycles. The molecule has 0 unspecified atom stereocenters. The first kappa shape index (κ1) is 3.54. The lowest BCUT2D eigenvalue weighted by Crippen LogP contribution is -1.62. The van der Waals surface area contributed by atoms with E-state index in [-0.39, 0.29) is 35.8 Å². The van der Waals surface area contributed by atoms with Crippen LogP contribution in [0.1, 0.15) is 6.85 Å². The van der Waals surface area contributed by atoms with Gasteiger partial charge in [-0.2, -0.15) is 0 Å². The summed E-state index contributed by atoms with van der Waals surface area (Å²) in [5, 5.41) is 1.06. The van der Waals surface area contributed by atoms with Crippen molar-refractivity contribution in [2.24, 2.45) is 0 Å². The van der Waals surface area contributed by atoms with E-state index in [2.05, 4.69) is 0 Å². The van der Waals surface area contributed by atoms with Crippen LogP contribution < -0.4 is 0 Å². The molecule has 0 spiro atoms. The molecule has 2 aromatic carbocycles. The molecule has 62 valence electrons. The Kier molecular flexibility index (Phi) is 0.644. The van der Waals surface area contributed by atoms with Gasteiger partial charge < -0.3 is 4.42 Å². The van der Waals surface area contributed by atoms with Crippen LogP contribution in [0, 0.1) is 0 Å². The van der Waals surface area contributed by atoms with E-state index < -0.39 is 0 Å². The molecule has 3 aromatic rings. The quantitative estimate of drug-likeness (QED) is 0.506. The molecule has 0 saturated heterocycles. The van der Waals surface area contributed by atoms with Crippen molar-refractivity contribution < 1.29 is 11.3 Å². The van der Waals surface area contributed by atoms with Crippen LogP contribution in [-0.4, -0.2) is 0 Å². The molecular weight excluding hydrogens is 160 g/mol. The van der Waals surface area contributed by atoms with Gasteiger partial charge in [-0.25, -0.2) is 0 Å². The first-order chi connectivity index (χ1) is 8.49. The van der Waals surface area contributed by atoms with E-state index in [0.29, 0.717) is 16.4 Å². The van der Waals surface area contributed by atoms with Gasteiger partial charge in [0, 0.05) is 10.8 Å². The fourth-order valence-corrected chi connectivity index (χ4v) is 1.38. The predicted octanol–water partition coefficient (Wildman–Crippen LogP) is 3.59. The van der Waals surface area contributed by atoms with Crippen LogP contribution in [0.3, 0.4) is 0 Å². The van der Waals surface area contributed by atoms with Crippen molar-refractivity contribution in [2.45, 2.75) is 0 Å². The van der Waals surface area contributed by atoms with Gasteiger partial charge in [-0.3, -0.25) is 0 Å². The zero-order chi connectivity index (χ0) is 13.0. The smallest absolute Gasteiger partial charge is 0.135 e. The Hall–Kier alpha value is -1.76. The van der Waals surface area contributed by atoms with Crippen molar-refractivity contribution in [1.82, 2.24) is 0 Å². The lowest BCUT2D eigenvalue weighted by Gasteiger charge is -1.85. The minimum atomic E-state index is -0.195. The zero-order valence-corrected chi connectivity index (χ0v) is 6.64. The van der Waals surface area contributed by atoms with Crippen LogP contribution in [0.4, 0.5) is 0 Å². The number of rotatable bonds is 0. The van der Waals surface area contributed by atoms with Crippen molar-refractivity contribution in [3.05, 3.63) is 48.4 Å². The van der Waals surface area contributed by atoms with E-state index in [1.54, 1.807) is 6.07 Å². The Morgan fingerprint density at radius 2 is 1.69 bits per heavy atom. The summed E-state index contributed by atoms with van der Waals surface area (Å²) in [6, 6.07) is 4.20. The predicted molar refractivity (Wildman–Crippen MR) is 53.7 cm³/mol. The molecule has 0 N–H and O–H groups in total. The highest BCUT2D eigenvalue weighted by molar-refractivity contribution is 6.04. The molecule has 0 bridgehead atoms. The van der Waals surface area contributed by atoms with E-state index in [9.17, 15) is 0 Å². The second kappa shape index (κ2) is 2.36. The summed E-state index contributed by atoms with van der Waals surface area (Å²) in [5.41, 5.74) is 0.490. The Bertz CT molecular complexity index is 790. The van der Waals surface area contributed by atoms with Gasteiger partial charge in [0.25, 0.3) is 0 Å². The van der Waals surface area contributed by atoms with Crippen LogP contribution in [0.15, 0.2) is 52.8 Å². The molecule has 1 heterocycles. The maximum atomic E-state index is 7.78. The molecule has 1 nitrogen and oxygen atoms in total. The van der Waals surface area contributed by atoms with Gasteiger partial charge in [0.2, 0.25) is 0 Å². The summed E-state index contributed by atoms with van der Waals surface area (Å²) in [4.78, 5) is 0. The van der Waals surface area contributed by atoms with E-state index in [1.165, 1.54) is 12.1 Å². The van der Waals surface area contributed by atoms with Crippen LogP contribution in [0.5, 0.6) is 0 Å². The number of hydrogen-bond donors (Lipinski definition) is 0. The van der Waals surface area contributed by atoms with Crippen LogP contribution >= 0.6 is 0 Å². The highest BCUT2D eigenvalue weighted by Crippen LogP contribution is 2.27. The summed E-state index contributed by atoms with van der Waals surface area (Å²) in [7, 11) is 0. The molecule has 0 saturated carbocycles. The molecule has 0 amide bonds. The Morgan fingerprint density at radius 3 is 2.62 bits per heavy atom. The zero-order valence-electron chi connectivity index (χ0n) is 11.6. The summed E-state index contributed by atoms with van der Waals surface area (Å²) in [5.74, 6) is 0. The van der Waals surface area contributed by atoms with E-state index in [4.69, 9.17) is 11.3 Å². The minimum Gasteiger partial charge on any atom is -0.456 e. The van der Waals surface area contributed by atoms with E-state index in [1.807, 2.05) is 0 Å². The highest BCUT2D eigenvalue weighted by Gasteiger charge is 2.02. The number of benzene rings is 2. The third-order valence-corrected chi connectivity index (χ3v) is 1.96. The molecule has 3 rings (SSSR count). The first-order valence-electron chi connectivity index (χ1n) is 6.39. The third-order valence-electron chi connectivity index (χ3n) is 1.96. The number of fused-ring (bicyclic) bond motifs is 3. The van der Waals surface area contributed by atoms with Crippen molar-refractivity contribution in [3.8, 4) is 0 Å². The lowest BCUT2D eigenvalue weighted by atomic mass is 10.2. The molecule has 0 aliphatic rings. The third kappa shape index (κ3) is 0.872. The summed E-state index contributed by atoms with van der Waals surface area (Å²) in [6.07, 6.45) is 0. The van der Waals surface area contributed by atoms with E-state index >= 15 is 0 Å². The maximum absolute atomic E-state index is 7.78. The van der Waals surface area contributed by atoms with Crippen molar-refractivity contribution >= 4 is 21.9 Å². The number of para-hydroxylation sites is 2. The molecular formula is C12H8O. The summed E-state index contributed by atoms with van der Waals surface area (Å²) >= 11 is 0. The molecule has 0 aliphatic carbocycles. The van der Waals surface area contributed by atoms with Gasteiger partial charge in [0.15, 0.2) is 0 Å². The summed E-state index contributed by atoms with van der Waals surface area (Å²) in [6.45, 7) is 0. The number of furan rings is 1. The maximum Gasteiger partial charge on any atom is 0.135 e. The van der Waals surface area contributed by atoms with Crippen molar-refractivity contribution in [1.29, 1.82) is 0 Å². The summed E-state index contributed by atoms with van der Waals surface area (Å²) < 4.78 is 43.8. The van der Waals surface area contributed by atoms with Crippen LogP contribution in [0.2, 0.25) is 0 Å². The molecule has 13 heavy (non-hydrogen) atoms. The fraction of sp³-hybridized carbons (Fsp3) is 0. The van der Waals surface area contributed by atoms with E-state index in [0.717, 1.165) is 0 Å². The van der Waals surface area contributed by atoms with Gasteiger partial charge in [0.1, 0.15) is 11.2 Å². The Balaban J connectivity index is 2.60. The Labute approximate surface area is 82.6 Å².